The van der Waals surface area contributed by atoms with E-state index >= 15 is 0 Å². The van der Waals surface area contributed by atoms with Crippen molar-refractivity contribution in [2.75, 3.05) is 12.9 Å². The first-order chi connectivity index (χ1) is 12.4. The molecule has 2 aromatic carbocycles. The third kappa shape index (κ3) is 4.19. The first-order valence-electron chi connectivity index (χ1n) is 8.43. The number of aromatic nitrogens is 2. The second-order valence-electron chi connectivity index (χ2n) is 7.00. The van der Waals surface area contributed by atoms with Gasteiger partial charge in [0.2, 0.25) is 5.91 Å². The zero-order chi connectivity index (χ0) is 18.7. The number of carbonyl (C=O) groups is 1. The Kier molecular flexibility index (Phi) is 5.23. The predicted molar refractivity (Wildman–Crippen MR) is 106 cm³/mol. The fourth-order valence-electron chi connectivity index (χ4n) is 2.67. The van der Waals surface area contributed by atoms with Crippen LogP contribution in [-0.4, -0.2) is 33.9 Å². The Hall–Kier alpha value is -2.47. The van der Waals surface area contributed by atoms with Crippen molar-refractivity contribution >= 4 is 28.7 Å². The van der Waals surface area contributed by atoms with Gasteiger partial charge in [0.15, 0.2) is 5.16 Å². The molecule has 0 saturated carbocycles. The van der Waals surface area contributed by atoms with Crippen LogP contribution in [0.15, 0.2) is 53.7 Å². The molecule has 0 bridgehead atoms. The summed E-state index contributed by atoms with van der Waals surface area (Å²) in [5.41, 5.74) is 2.66. The summed E-state index contributed by atoms with van der Waals surface area (Å²) < 4.78 is 7.32. The summed E-state index contributed by atoms with van der Waals surface area (Å²) in [5, 5.41) is 3.78. The molecule has 1 N–H and O–H groups in total. The van der Waals surface area contributed by atoms with Crippen molar-refractivity contribution in [3.63, 3.8) is 0 Å². The Labute approximate surface area is 157 Å². The van der Waals surface area contributed by atoms with E-state index in [0.29, 0.717) is 5.75 Å². The van der Waals surface area contributed by atoms with Crippen LogP contribution in [0, 0.1) is 0 Å². The van der Waals surface area contributed by atoms with E-state index < -0.39 is 0 Å². The van der Waals surface area contributed by atoms with Gasteiger partial charge in [0.1, 0.15) is 5.75 Å². The van der Waals surface area contributed by atoms with Crippen molar-refractivity contribution < 1.29 is 9.53 Å². The van der Waals surface area contributed by atoms with Crippen molar-refractivity contribution in [1.29, 1.82) is 0 Å². The number of carbonyl (C=O) groups excluding carboxylic acids is 1. The molecular formula is C20H23N3O2S. The maximum atomic E-state index is 12.2. The molecule has 1 aromatic heterocycles. The molecule has 6 heteroatoms. The summed E-state index contributed by atoms with van der Waals surface area (Å²) in [7, 11) is 1.65. The topological polar surface area (TPSA) is 56.1 Å². The zero-order valence-corrected chi connectivity index (χ0v) is 16.3. The molecule has 26 heavy (non-hydrogen) atoms. The lowest BCUT2D eigenvalue weighted by molar-refractivity contribution is -0.119. The van der Waals surface area contributed by atoms with E-state index in [9.17, 15) is 4.79 Å². The summed E-state index contributed by atoms with van der Waals surface area (Å²) in [6.45, 7) is 5.92. The van der Waals surface area contributed by atoms with Crippen molar-refractivity contribution in [2.45, 2.75) is 31.5 Å². The number of ether oxygens (including phenoxy) is 1. The molecule has 0 unspecified atom stereocenters. The summed E-state index contributed by atoms with van der Waals surface area (Å²) in [6.07, 6.45) is 0. The average molecular weight is 369 g/mol. The van der Waals surface area contributed by atoms with Gasteiger partial charge >= 0.3 is 0 Å². The van der Waals surface area contributed by atoms with Crippen LogP contribution in [-0.2, 0) is 4.79 Å². The normalized spacial score (nSPS) is 11.5. The zero-order valence-electron chi connectivity index (χ0n) is 15.4. The molecule has 1 amide bonds. The van der Waals surface area contributed by atoms with Crippen molar-refractivity contribution in [3.05, 3.63) is 48.5 Å². The number of benzene rings is 2. The molecule has 0 aliphatic rings. The number of fused-ring (bicyclic) bond motifs is 1. The molecule has 3 rings (SSSR count). The quantitative estimate of drug-likeness (QED) is 0.690. The fourth-order valence-corrected chi connectivity index (χ4v) is 3.49. The number of rotatable bonds is 5. The van der Waals surface area contributed by atoms with Gasteiger partial charge in [-0.15, -0.1) is 0 Å². The van der Waals surface area contributed by atoms with Crippen LogP contribution in [0.1, 0.15) is 20.8 Å². The number of imidazole rings is 1. The Bertz CT molecular complexity index is 911. The highest BCUT2D eigenvalue weighted by atomic mass is 32.2. The maximum absolute atomic E-state index is 12.2. The monoisotopic (exact) mass is 369 g/mol. The second kappa shape index (κ2) is 7.41. The summed E-state index contributed by atoms with van der Waals surface area (Å²) in [6, 6.07) is 15.8. The Balaban J connectivity index is 1.93. The van der Waals surface area contributed by atoms with Gasteiger partial charge in [-0.25, -0.2) is 4.98 Å². The van der Waals surface area contributed by atoms with Crippen molar-refractivity contribution in [2.24, 2.45) is 0 Å². The number of nitrogens with one attached hydrogen (secondary N) is 1. The van der Waals surface area contributed by atoms with Crippen LogP contribution in [0.3, 0.4) is 0 Å². The predicted octanol–water partition coefficient (Wildman–Crippen LogP) is 4.04. The van der Waals surface area contributed by atoms with Crippen molar-refractivity contribution in [1.82, 2.24) is 14.9 Å². The number of nitrogens with zero attached hydrogens (tertiary/aromatic N) is 2. The number of hydrogen-bond donors (Lipinski definition) is 1. The minimum Gasteiger partial charge on any atom is -0.497 e. The van der Waals surface area contributed by atoms with Gasteiger partial charge in [-0.05, 0) is 57.2 Å². The van der Waals surface area contributed by atoms with Gasteiger partial charge in [-0.2, -0.15) is 0 Å². The lowest BCUT2D eigenvalue weighted by Crippen LogP contribution is -2.41. The number of hydrogen-bond acceptors (Lipinski definition) is 4. The van der Waals surface area contributed by atoms with Crippen LogP contribution in [0.2, 0.25) is 0 Å². The molecule has 0 spiro atoms. The third-order valence-electron chi connectivity index (χ3n) is 3.71. The van der Waals surface area contributed by atoms with Crippen LogP contribution in [0.5, 0.6) is 5.75 Å². The standard InChI is InChI=1S/C20H23N3O2S/c1-20(2,3)22-18(24)13-26-19-21-16-7-5-6-8-17(16)23(19)14-9-11-15(25-4)12-10-14/h5-12H,13H2,1-4H3,(H,22,24). The molecule has 0 fully saturated rings. The van der Waals surface area contributed by atoms with Gasteiger partial charge < -0.3 is 10.1 Å². The number of thioether (sulfide) groups is 1. The summed E-state index contributed by atoms with van der Waals surface area (Å²) in [4.78, 5) is 16.9. The van der Waals surface area contributed by atoms with Gasteiger partial charge in [0.25, 0.3) is 0 Å². The largest absolute Gasteiger partial charge is 0.497 e. The van der Waals surface area contributed by atoms with Crippen molar-refractivity contribution in [3.8, 4) is 11.4 Å². The van der Waals surface area contributed by atoms with E-state index in [0.717, 1.165) is 27.6 Å². The Morgan fingerprint density at radius 3 is 2.50 bits per heavy atom. The van der Waals surface area contributed by atoms with Gasteiger partial charge in [0, 0.05) is 11.2 Å². The first kappa shape index (κ1) is 18.3. The van der Waals surface area contributed by atoms with E-state index in [1.807, 2.05) is 69.3 Å². The Morgan fingerprint density at radius 1 is 1.15 bits per heavy atom. The lowest BCUT2D eigenvalue weighted by atomic mass is 10.1. The molecule has 0 radical (unpaired) electrons. The minimum atomic E-state index is -0.242. The highest BCUT2D eigenvalue weighted by molar-refractivity contribution is 7.99. The summed E-state index contributed by atoms with van der Waals surface area (Å²) in [5.74, 6) is 1.12. The first-order valence-corrected chi connectivity index (χ1v) is 9.42. The molecule has 3 aromatic rings. The van der Waals surface area contributed by atoms with Crippen LogP contribution in [0.4, 0.5) is 0 Å². The minimum absolute atomic E-state index is 0.00385. The van der Waals surface area contributed by atoms with Crippen LogP contribution >= 0.6 is 11.8 Å². The molecule has 0 aliphatic heterocycles. The van der Waals surface area contributed by atoms with Gasteiger partial charge in [-0.3, -0.25) is 9.36 Å². The highest BCUT2D eigenvalue weighted by Gasteiger charge is 2.17. The highest BCUT2D eigenvalue weighted by Crippen LogP contribution is 2.28. The average Bonchev–Trinajstić information content (AvgIpc) is 2.97. The maximum Gasteiger partial charge on any atom is 0.230 e. The molecule has 1 heterocycles. The molecule has 5 nitrogen and oxygen atoms in total. The molecule has 0 atom stereocenters. The Morgan fingerprint density at radius 2 is 1.85 bits per heavy atom. The molecule has 0 aliphatic carbocycles. The van der Waals surface area contributed by atoms with Gasteiger partial charge in [0.05, 0.1) is 23.9 Å². The SMILES string of the molecule is COc1ccc(-n2c(SCC(=O)NC(C)(C)C)nc3ccccc32)cc1. The third-order valence-corrected chi connectivity index (χ3v) is 4.65. The molecule has 0 saturated heterocycles. The van der Waals surface area contributed by atoms with E-state index in [4.69, 9.17) is 9.72 Å². The van der Waals surface area contributed by atoms with Gasteiger partial charge in [-0.1, -0.05) is 23.9 Å². The van der Waals surface area contributed by atoms with Crippen LogP contribution in [0.25, 0.3) is 16.7 Å². The van der Waals surface area contributed by atoms with Crippen LogP contribution < -0.4 is 10.1 Å². The lowest BCUT2D eigenvalue weighted by Gasteiger charge is -2.20. The summed E-state index contributed by atoms with van der Waals surface area (Å²) >= 11 is 1.43. The fraction of sp³-hybridized carbons (Fsp3) is 0.300. The van der Waals surface area contributed by atoms with E-state index in [1.54, 1.807) is 7.11 Å². The smallest absolute Gasteiger partial charge is 0.230 e. The molecular weight excluding hydrogens is 346 g/mol. The number of amides is 1. The number of para-hydroxylation sites is 2. The van der Waals surface area contributed by atoms with E-state index in [1.165, 1.54) is 11.8 Å². The van der Waals surface area contributed by atoms with E-state index in [2.05, 4.69) is 9.88 Å². The van der Waals surface area contributed by atoms with E-state index in [-0.39, 0.29) is 11.4 Å². The second-order valence-corrected chi connectivity index (χ2v) is 7.95. The number of methoxy groups -OCH3 is 1. The molecule has 136 valence electrons.